The molecule has 2 amide bonds. The zero-order chi connectivity index (χ0) is 23.0. The number of ether oxygens (including phenoxy) is 2. The Morgan fingerprint density at radius 1 is 0.935 bits per heavy atom. The van der Waals surface area contributed by atoms with Crippen LogP contribution in [0.2, 0.25) is 5.02 Å². The summed E-state index contributed by atoms with van der Waals surface area (Å²) in [5.74, 6) is 1.16. The molecule has 0 aliphatic carbocycles. The van der Waals surface area contributed by atoms with Crippen LogP contribution in [0.15, 0.2) is 36.4 Å². The Balaban J connectivity index is 1.66. The van der Waals surface area contributed by atoms with E-state index >= 15 is 0 Å². The average molecular weight is 447 g/mol. The maximum absolute atomic E-state index is 12.2. The Bertz CT molecular complexity index is 874. The lowest BCUT2D eigenvalue weighted by Gasteiger charge is -2.15. The molecule has 0 aliphatic rings. The zero-order valence-corrected chi connectivity index (χ0v) is 19.5. The fourth-order valence-electron chi connectivity index (χ4n) is 2.91. The number of nitrogens with one attached hydrogen (secondary N) is 2. The second-order valence-corrected chi connectivity index (χ2v) is 8.16. The minimum atomic E-state index is -0.639. The third-order valence-electron chi connectivity index (χ3n) is 4.76. The zero-order valence-electron chi connectivity index (χ0n) is 18.8. The Hall–Kier alpha value is -2.73. The second-order valence-electron chi connectivity index (χ2n) is 7.78. The van der Waals surface area contributed by atoms with Crippen LogP contribution < -0.4 is 20.1 Å². The van der Waals surface area contributed by atoms with Crippen molar-refractivity contribution < 1.29 is 19.1 Å². The normalized spacial score (nSPS) is 11.7. The molecule has 0 spiro atoms. The number of carbonyl (C=O) groups excluding carboxylic acids is 2. The van der Waals surface area contributed by atoms with Crippen molar-refractivity contribution >= 4 is 23.4 Å². The Labute approximate surface area is 189 Å². The van der Waals surface area contributed by atoms with Crippen molar-refractivity contribution in [2.75, 3.05) is 19.7 Å². The van der Waals surface area contributed by atoms with Crippen molar-refractivity contribution in [3.63, 3.8) is 0 Å². The summed E-state index contributed by atoms with van der Waals surface area (Å²) in [6.07, 6.45) is -0.639. The van der Waals surface area contributed by atoms with E-state index in [1.165, 1.54) is 5.56 Å². The third kappa shape index (κ3) is 7.79. The van der Waals surface area contributed by atoms with Gasteiger partial charge in [0, 0.05) is 18.1 Å². The molecule has 6 nitrogen and oxygen atoms in total. The van der Waals surface area contributed by atoms with E-state index in [4.69, 9.17) is 21.1 Å². The predicted octanol–water partition coefficient (Wildman–Crippen LogP) is 4.16. The fraction of sp³-hybridized carbons (Fsp3) is 0.417. The monoisotopic (exact) mass is 446 g/mol. The van der Waals surface area contributed by atoms with Crippen LogP contribution in [0.3, 0.4) is 0 Å². The molecule has 1 atom stereocenters. The smallest absolute Gasteiger partial charge is 0.260 e. The summed E-state index contributed by atoms with van der Waals surface area (Å²) in [6, 6.07) is 11.3. The summed E-state index contributed by atoms with van der Waals surface area (Å²) in [4.78, 5) is 24.1. The molecule has 0 fully saturated rings. The minimum Gasteiger partial charge on any atom is -0.484 e. The van der Waals surface area contributed by atoms with Gasteiger partial charge in [0.05, 0.1) is 0 Å². The van der Waals surface area contributed by atoms with Gasteiger partial charge < -0.3 is 20.1 Å². The van der Waals surface area contributed by atoms with Crippen LogP contribution in [0.5, 0.6) is 11.5 Å². The highest BCUT2D eigenvalue weighted by Gasteiger charge is 2.14. The van der Waals surface area contributed by atoms with Gasteiger partial charge in [0.25, 0.3) is 11.8 Å². The summed E-state index contributed by atoms with van der Waals surface area (Å²) in [5, 5.41) is 6.15. The van der Waals surface area contributed by atoms with Crippen LogP contribution in [-0.2, 0) is 9.59 Å². The molecule has 0 heterocycles. The lowest BCUT2D eigenvalue weighted by molar-refractivity contribution is -0.127. The molecule has 0 aliphatic heterocycles. The van der Waals surface area contributed by atoms with Crippen molar-refractivity contribution in [3.05, 3.63) is 58.1 Å². The molecule has 2 N–H and O–H groups in total. The van der Waals surface area contributed by atoms with E-state index in [1.807, 2.05) is 38.1 Å². The number of hydrogen-bond donors (Lipinski definition) is 2. The number of rotatable bonds is 10. The molecule has 1 unspecified atom stereocenters. The van der Waals surface area contributed by atoms with Gasteiger partial charge in [0.2, 0.25) is 0 Å². The van der Waals surface area contributed by atoms with Gasteiger partial charge in [-0.1, -0.05) is 37.6 Å². The molecule has 0 saturated heterocycles. The molecule has 2 rings (SSSR count). The Morgan fingerprint density at radius 2 is 1.52 bits per heavy atom. The molecule has 7 heteroatoms. The first-order chi connectivity index (χ1) is 14.7. The number of benzene rings is 2. The molecule has 0 aromatic heterocycles. The topological polar surface area (TPSA) is 76.7 Å². The fourth-order valence-corrected chi connectivity index (χ4v) is 3.02. The second kappa shape index (κ2) is 11.6. The van der Waals surface area contributed by atoms with Crippen molar-refractivity contribution in [2.45, 2.75) is 46.6 Å². The van der Waals surface area contributed by atoms with Crippen LogP contribution in [0.25, 0.3) is 0 Å². The highest BCUT2D eigenvalue weighted by molar-refractivity contribution is 6.32. The summed E-state index contributed by atoms with van der Waals surface area (Å²) in [5.41, 5.74) is 3.00. The van der Waals surface area contributed by atoms with Crippen molar-refractivity contribution in [2.24, 2.45) is 0 Å². The minimum absolute atomic E-state index is 0.111. The van der Waals surface area contributed by atoms with Crippen LogP contribution in [0.4, 0.5) is 0 Å². The van der Waals surface area contributed by atoms with Gasteiger partial charge in [-0.3, -0.25) is 9.59 Å². The van der Waals surface area contributed by atoms with Gasteiger partial charge in [-0.2, -0.15) is 0 Å². The quantitative estimate of drug-likeness (QED) is 0.537. The van der Waals surface area contributed by atoms with E-state index in [0.29, 0.717) is 35.5 Å². The van der Waals surface area contributed by atoms with Crippen molar-refractivity contribution in [3.8, 4) is 11.5 Å². The summed E-state index contributed by atoms with van der Waals surface area (Å²) in [6.45, 7) is 10.2. The molecule has 168 valence electrons. The van der Waals surface area contributed by atoms with Gasteiger partial charge >= 0.3 is 0 Å². The van der Waals surface area contributed by atoms with Gasteiger partial charge in [-0.15, -0.1) is 0 Å². The van der Waals surface area contributed by atoms with Crippen LogP contribution in [-0.4, -0.2) is 37.6 Å². The first-order valence-electron chi connectivity index (χ1n) is 10.4. The number of hydrogen-bond acceptors (Lipinski definition) is 4. The van der Waals surface area contributed by atoms with Crippen LogP contribution >= 0.6 is 11.6 Å². The van der Waals surface area contributed by atoms with E-state index in [0.717, 1.165) is 11.1 Å². The van der Waals surface area contributed by atoms with Crippen LogP contribution in [0.1, 0.15) is 43.4 Å². The lowest BCUT2D eigenvalue weighted by Crippen LogP contribution is -2.41. The van der Waals surface area contributed by atoms with Crippen LogP contribution in [0, 0.1) is 13.8 Å². The number of amides is 2. The number of aryl methyl sites for hydroxylation is 2. The van der Waals surface area contributed by atoms with Gasteiger partial charge in [-0.25, -0.2) is 0 Å². The van der Waals surface area contributed by atoms with Crippen molar-refractivity contribution in [1.82, 2.24) is 10.6 Å². The predicted molar refractivity (Wildman–Crippen MR) is 123 cm³/mol. The molecule has 0 saturated carbocycles. The molecular formula is C24H31ClN2O4. The van der Waals surface area contributed by atoms with E-state index < -0.39 is 6.10 Å². The molecule has 2 aromatic rings. The van der Waals surface area contributed by atoms with Gasteiger partial charge in [-0.05, 0) is 67.6 Å². The van der Waals surface area contributed by atoms with E-state index in [2.05, 4.69) is 24.5 Å². The summed E-state index contributed by atoms with van der Waals surface area (Å²) < 4.78 is 11.2. The lowest BCUT2D eigenvalue weighted by atomic mass is 10.0. The number of halogens is 1. The largest absolute Gasteiger partial charge is 0.484 e. The molecule has 2 aromatic carbocycles. The maximum atomic E-state index is 12.2. The van der Waals surface area contributed by atoms with Gasteiger partial charge in [0.15, 0.2) is 12.7 Å². The Morgan fingerprint density at radius 3 is 2.10 bits per heavy atom. The molecule has 0 radical (unpaired) electrons. The van der Waals surface area contributed by atoms with E-state index in [1.54, 1.807) is 19.1 Å². The summed E-state index contributed by atoms with van der Waals surface area (Å²) >= 11 is 6.13. The van der Waals surface area contributed by atoms with E-state index in [-0.39, 0.29) is 18.4 Å². The molecule has 0 bridgehead atoms. The molecular weight excluding hydrogens is 416 g/mol. The molecule has 31 heavy (non-hydrogen) atoms. The number of carbonyl (C=O) groups is 2. The first-order valence-corrected chi connectivity index (χ1v) is 10.8. The maximum Gasteiger partial charge on any atom is 0.260 e. The first kappa shape index (κ1) is 24.5. The summed E-state index contributed by atoms with van der Waals surface area (Å²) in [7, 11) is 0. The highest BCUT2D eigenvalue weighted by Crippen LogP contribution is 2.25. The van der Waals surface area contributed by atoms with Crippen molar-refractivity contribution in [1.29, 1.82) is 0 Å². The third-order valence-corrected chi connectivity index (χ3v) is 5.35. The van der Waals surface area contributed by atoms with E-state index in [9.17, 15) is 9.59 Å². The van der Waals surface area contributed by atoms with Gasteiger partial charge in [0.1, 0.15) is 11.5 Å². The standard InChI is InChI=1S/C24H31ClN2O4/c1-15(2)19-6-8-20(9-7-19)31-18(5)24(29)27-11-10-26-22(28)14-30-21-12-16(3)23(25)17(4)13-21/h6-9,12-13,15,18H,10-11,14H2,1-5H3,(H,26,28)(H,27,29). The Kier molecular flexibility index (Phi) is 9.19. The SMILES string of the molecule is Cc1cc(OCC(=O)NCCNC(=O)C(C)Oc2ccc(C(C)C)cc2)cc(C)c1Cl. The average Bonchev–Trinajstić information content (AvgIpc) is 2.73. The highest BCUT2D eigenvalue weighted by atomic mass is 35.5.